The first kappa shape index (κ1) is 19.2. The summed E-state index contributed by atoms with van der Waals surface area (Å²) in [6.07, 6.45) is 0.794. The lowest BCUT2D eigenvalue weighted by Gasteiger charge is -2.19. The van der Waals surface area contributed by atoms with Gasteiger partial charge in [-0.2, -0.15) is 0 Å². The van der Waals surface area contributed by atoms with Crippen molar-refractivity contribution < 1.29 is 9.53 Å². The Morgan fingerprint density at radius 3 is 1.75 bits per heavy atom. The molecular formula is C24H24N2O2. The molecule has 0 heterocycles. The summed E-state index contributed by atoms with van der Waals surface area (Å²) in [5, 5.41) is 0. The van der Waals surface area contributed by atoms with E-state index >= 15 is 0 Å². The van der Waals surface area contributed by atoms with Crippen LogP contribution >= 0.6 is 0 Å². The highest BCUT2D eigenvalue weighted by Crippen LogP contribution is 2.30. The molecule has 4 heteroatoms. The van der Waals surface area contributed by atoms with Gasteiger partial charge in [0.05, 0.1) is 0 Å². The van der Waals surface area contributed by atoms with E-state index in [-0.39, 0.29) is 5.92 Å². The Bertz CT molecular complexity index is 913. The van der Waals surface area contributed by atoms with Crippen LogP contribution in [0.5, 0.6) is 5.75 Å². The largest absolute Gasteiger partial charge is 0.423 e. The minimum atomic E-state index is -0.422. The van der Waals surface area contributed by atoms with E-state index in [0.29, 0.717) is 11.3 Å². The molecule has 3 rings (SSSR count). The normalized spacial score (nSPS) is 10.6. The van der Waals surface area contributed by atoms with Crippen LogP contribution in [0.3, 0.4) is 0 Å². The standard InChI is InChI=1S/C24H24N2O2/c1-16(2)24(27)28-22-13-3-17(4-14-22)15-23(18-5-9-20(25)10-6-18)19-7-11-21(26)12-8-19/h3-14,23H,1,15,25-26H2,2H3. The Labute approximate surface area is 165 Å². The lowest BCUT2D eigenvalue weighted by atomic mass is 9.86. The maximum absolute atomic E-state index is 11.7. The summed E-state index contributed by atoms with van der Waals surface area (Å²) in [6, 6.07) is 23.4. The van der Waals surface area contributed by atoms with Gasteiger partial charge in [0.1, 0.15) is 5.75 Å². The molecule has 28 heavy (non-hydrogen) atoms. The van der Waals surface area contributed by atoms with Crippen molar-refractivity contribution in [3.05, 3.63) is 102 Å². The summed E-state index contributed by atoms with van der Waals surface area (Å²) >= 11 is 0. The van der Waals surface area contributed by atoms with Crippen LogP contribution in [0, 0.1) is 0 Å². The smallest absolute Gasteiger partial charge is 0.338 e. The Balaban J connectivity index is 1.85. The molecule has 0 saturated heterocycles. The predicted octanol–water partition coefficient (Wildman–Crippen LogP) is 4.71. The monoisotopic (exact) mass is 372 g/mol. The second kappa shape index (κ2) is 8.44. The fraction of sp³-hybridized carbons (Fsp3) is 0.125. The van der Waals surface area contributed by atoms with E-state index in [9.17, 15) is 4.79 Å². The molecule has 0 aliphatic heterocycles. The summed E-state index contributed by atoms with van der Waals surface area (Å²) in [4.78, 5) is 11.7. The van der Waals surface area contributed by atoms with Gasteiger partial charge in [-0.3, -0.25) is 0 Å². The molecule has 0 atom stereocenters. The maximum Gasteiger partial charge on any atom is 0.338 e. The van der Waals surface area contributed by atoms with Crippen LogP contribution in [-0.4, -0.2) is 5.97 Å². The second-order valence-electron chi connectivity index (χ2n) is 6.90. The van der Waals surface area contributed by atoms with E-state index in [1.54, 1.807) is 19.1 Å². The quantitative estimate of drug-likeness (QED) is 0.284. The van der Waals surface area contributed by atoms with Crippen LogP contribution in [0.25, 0.3) is 0 Å². The zero-order valence-electron chi connectivity index (χ0n) is 15.9. The molecule has 0 aromatic heterocycles. The molecule has 4 N–H and O–H groups in total. The molecule has 0 aliphatic carbocycles. The third-order valence-corrected chi connectivity index (χ3v) is 4.60. The molecular weight excluding hydrogens is 348 g/mol. The van der Waals surface area contributed by atoms with Crippen LogP contribution in [-0.2, 0) is 11.2 Å². The van der Waals surface area contributed by atoms with Gasteiger partial charge in [0, 0.05) is 22.9 Å². The molecule has 3 aromatic carbocycles. The molecule has 0 saturated carbocycles. The van der Waals surface area contributed by atoms with E-state index in [0.717, 1.165) is 23.4 Å². The molecule has 0 aliphatic rings. The number of anilines is 2. The summed E-state index contributed by atoms with van der Waals surface area (Å²) in [7, 11) is 0. The number of carbonyl (C=O) groups is 1. The zero-order valence-corrected chi connectivity index (χ0v) is 15.9. The van der Waals surface area contributed by atoms with Gasteiger partial charge in [-0.15, -0.1) is 0 Å². The predicted molar refractivity (Wildman–Crippen MR) is 114 cm³/mol. The average Bonchev–Trinajstić information content (AvgIpc) is 2.69. The molecule has 0 fully saturated rings. The molecule has 0 bridgehead atoms. The highest BCUT2D eigenvalue weighted by atomic mass is 16.5. The van der Waals surface area contributed by atoms with Crippen molar-refractivity contribution in [3.63, 3.8) is 0 Å². The highest BCUT2D eigenvalue weighted by molar-refractivity contribution is 5.88. The fourth-order valence-corrected chi connectivity index (χ4v) is 3.01. The van der Waals surface area contributed by atoms with E-state index in [1.807, 2.05) is 36.4 Å². The number of nitrogens with two attached hydrogens (primary N) is 2. The lowest BCUT2D eigenvalue weighted by molar-refractivity contribution is -0.130. The van der Waals surface area contributed by atoms with E-state index < -0.39 is 5.97 Å². The number of hydrogen-bond acceptors (Lipinski definition) is 4. The molecule has 142 valence electrons. The van der Waals surface area contributed by atoms with Crippen LogP contribution in [0.2, 0.25) is 0 Å². The number of ether oxygens (including phenoxy) is 1. The first-order valence-electron chi connectivity index (χ1n) is 9.10. The summed E-state index contributed by atoms with van der Waals surface area (Å²) in [5.74, 6) is 0.243. The SMILES string of the molecule is C=C(C)C(=O)Oc1ccc(CC(c2ccc(N)cc2)c2ccc(N)cc2)cc1. The summed E-state index contributed by atoms with van der Waals surface area (Å²) < 4.78 is 5.27. The molecule has 0 unspecified atom stereocenters. The van der Waals surface area contributed by atoms with Crippen molar-refractivity contribution in [2.75, 3.05) is 11.5 Å². The minimum absolute atomic E-state index is 0.157. The van der Waals surface area contributed by atoms with Crippen molar-refractivity contribution in [1.82, 2.24) is 0 Å². The van der Waals surface area contributed by atoms with Crippen molar-refractivity contribution in [2.45, 2.75) is 19.3 Å². The first-order valence-corrected chi connectivity index (χ1v) is 9.10. The highest BCUT2D eigenvalue weighted by Gasteiger charge is 2.15. The number of esters is 1. The topological polar surface area (TPSA) is 78.3 Å². The number of carbonyl (C=O) groups excluding carboxylic acids is 1. The molecule has 3 aromatic rings. The van der Waals surface area contributed by atoms with Gasteiger partial charge in [0.25, 0.3) is 0 Å². The second-order valence-corrected chi connectivity index (χ2v) is 6.90. The van der Waals surface area contributed by atoms with Gasteiger partial charge in [0.15, 0.2) is 0 Å². The fourth-order valence-electron chi connectivity index (χ4n) is 3.01. The van der Waals surface area contributed by atoms with Gasteiger partial charge in [-0.05, 0) is 66.4 Å². The first-order chi connectivity index (χ1) is 13.4. The lowest BCUT2D eigenvalue weighted by Crippen LogP contribution is -2.08. The van der Waals surface area contributed by atoms with Crippen LogP contribution in [0.15, 0.2) is 84.9 Å². The number of benzene rings is 3. The van der Waals surface area contributed by atoms with Crippen LogP contribution in [0.1, 0.15) is 29.5 Å². The van der Waals surface area contributed by atoms with E-state index in [1.165, 1.54) is 11.1 Å². The molecule has 0 spiro atoms. The van der Waals surface area contributed by atoms with Crippen LogP contribution < -0.4 is 16.2 Å². The maximum atomic E-state index is 11.7. The Morgan fingerprint density at radius 2 is 1.32 bits per heavy atom. The minimum Gasteiger partial charge on any atom is -0.423 e. The Hall–Kier alpha value is -3.53. The molecule has 4 nitrogen and oxygen atoms in total. The number of hydrogen-bond donors (Lipinski definition) is 2. The number of nitrogen functional groups attached to an aromatic ring is 2. The molecule has 0 amide bonds. The van der Waals surface area contributed by atoms with Gasteiger partial charge < -0.3 is 16.2 Å². The Morgan fingerprint density at radius 1 is 0.857 bits per heavy atom. The third-order valence-electron chi connectivity index (χ3n) is 4.60. The van der Waals surface area contributed by atoms with Crippen molar-refractivity contribution >= 4 is 17.3 Å². The van der Waals surface area contributed by atoms with Gasteiger partial charge >= 0.3 is 5.97 Å². The van der Waals surface area contributed by atoms with Gasteiger partial charge in [0.2, 0.25) is 0 Å². The summed E-state index contributed by atoms with van der Waals surface area (Å²) in [6.45, 7) is 5.22. The zero-order chi connectivity index (χ0) is 20.1. The van der Waals surface area contributed by atoms with Crippen molar-refractivity contribution in [2.24, 2.45) is 0 Å². The van der Waals surface area contributed by atoms with E-state index in [4.69, 9.17) is 16.2 Å². The number of rotatable bonds is 6. The summed E-state index contributed by atoms with van der Waals surface area (Å²) in [5.41, 5.74) is 17.0. The van der Waals surface area contributed by atoms with Gasteiger partial charge in [-0.1, -0.05) is 43.0 Å². The average molecular weight is 372 g/mol. The van der Waals surface area contributed by atoms with Crippen molar-refractivity contribution in [3.8, 4) is 5.75 Å². The third kappa shape index (κ3) is 4.80. The molecule has 0 radical (unpaired) electrons. The van der Waals surface area contributed by atoms with Crippen molar-refractivity contribution in [1.29, 1.82) is 0 Å². The van der Waals surface area contributed by atoms with E-state index in [2.05, 4.69) is 30.8 Å². The van der Waals surface area contributed by atoms with Crippen LogP contribution in [0.4, 0.5) is 11.4 Å². The Kier molecular flexibility index (Phi) is 5.80. The van der Waals surface area contributed by atoms with Gasteiger partial charge in [-0.25, -0.2) is 4.79 Å².